The zero-order valence-electron chi connectivity index (χ0n) is 14.1. The minimum absolute atomic E-state index is 0. The van der Waals surface area contributed by atoms with Crippen molar-refractivity contribution < 1.29 is 9.53 Å². The van der Waals surface area contributed by atoms with Crippen LogP contribution in [-0.2, 0) is 11.2 Å². The van der Waals surface area contributed by atoms with E-state index in [-0.39, 0.29) is 24.4 Å². The molecule has 0 radical (unpaired) electrons. The van der Waals surface area contributed by atoms with E-state index in [4.69, 9.17) is 10.5 Å². The average Bonchev–Trinajstić information content (AvgIpc) is 2.54. The molecule has 0 saturated heterocycles. The molecule has 1 aromatic carbocycles. The van der Waals surface area contributed by atoms with Gasteiger partial charge in [0.1, 0.15) is 5.75 Å². The fraction of sp³-hybridized carbons (Fsp3) is 0.611. The summed E-state index contributed by atoms with van der Waals surface area (Å²) in [5, 5.41) is 3.09. The molecule has 1 aliphatic carbocycles. The zero-order valence-corrected chi connectivity index (χ0v) is 15.0. The number of hydrogen-bond donors (Lipinski definition) is 2. The number of rotatable bonds is 6. The summed E-state index contributed by atoms with van der Waals surface area (Å²) in [5.74, 6) is 0.891. The molecule has 0 aromatic heterocycles. The lowest BCUT2D eigenvalue weighted by molar-refractivity contribution is -0.128. The molecule has 1 atom stereocenters. The smallest absolute Gasteiger partial charge is 0.240 e. The summed E-state index contributed by atoms with van der Waals surface area (Å²) < 4.78 is 5.15. The zero-order chi connectivity index (χ0) is 16.0. The third-order valence-corrected chi connectivity index (χ3v) is 4.60. The highest BCUT2D eigenvalue weighted by molar-refractivity contribution is 5.86. The maximum atomic E-state index is 12.4. The van der Waals surface area contributed by atoms with Gasteiger partial charge < -0.3 is 15.8 Å². The van der Waals surface area contributed by atoms with Crippen molar-refractivity contribution in [3.63, 3.8) is 0 Å². The fourth-order valence-corrected chi connectivity index (χ4v) is 3.02. The molecule has 1 amide bonds. The maximum Gasteiger partial charge on any atom is 0.240 e. The minimum Gasteiger partial charge on any atom is -0.497 e. The summed E-state index contributed by atoms with van der Waals surface area (Å²) in [6.45, 7) is 2.05. The van der Waals surface area contributed by atoms with Crippen molar-refractivity contribution in [1.29, 1.82) is 0 Å². The van der Waals surface area contributed by atoms with Gasteiger partial charge in [0.05, 0.1) is 12.6 Å². The molecule has 0 spiro atoms. The lowest BCUT2D eigenvalue weighted by Gasteiger charge is -2.33. The van der Waals surface area contributed by atoms with Crippen LogP contribution in [0.5, 0.6) is 5.75 Å². The third kappa shape index (κ3) is 5.70. The number of methoxy groups -OCH3 is 1. The summed E-state index contributed by atoms with van der Waals surface area (Å²) in [6.07, 6.45) is 6.78. The Bertz CT molecular complexity index is 484. The van der Waals surface area contributed by atoms with Crippen molar-refractivity contribution in [2.24, 2.45) is 5.73 Å². The Hall–Kier alpha value is -1.26. The predicted molar refractivity (Wildman–Crippen MR) is 96.2 cm³/mol. The highest BCUT2D eigenvalue weighted by Gasteiger charge is 2.35. The Morgan fingerprint density at radius 1 is 1.26 bits per heavy atom. The molecular formula is C18H29ClN2O2. The number of carbonyl (C=O) groups excluding carboxylic acids is 1. The van der Waals surface area contributed by atoms with Crippen molar-refractivity contribution in [2.75, 3.05) is 7.11 Å². The first-order chi connectivity index (χ1) is 10.5. The molecule has 1 saturated carbocycles. The number of benzene rings is 1. The number of nitrogens with two attached hydrogens (primary N) is 1. The van der Waals surface area contributed by atoms with Gasteiger partial charge in [-0.05, 0) is 50.3 Å². The summed E-state index contributed by atoms with van der Waals surface area (Å²) >= 11 is 0. The summed E-state index contributed by atoms with van der Waals surface area (Å²) in [6, 6.07) is 8.21. The van der Waals surface area contributed by atoms with Crippen LogP contribution in [0.15, 0.2) is 24.3 Å². The molecule has 0 heterocycles. The van der Waals surface area contributed by atoms with Crippen LogP contribution in [0.25, 0.3) is 0 Å². The summed E-state index contributed by atoms with van der Waals surface area (Å²) in [4.78, 5) is 12.4. The molecule has 23 heavy (non-hydrogen) atoms. The molecule has 3 N–H and O–H groups in total. The van der Waals surface area contributed by atoms with Gasteiger partial charge in [-0.15, -0.1) is 12.4 Å². The Balaban J connectivity index is 0.00000264. The van der Waals surface area contributed by atoms with Crippen LogP contribution in [0.1, 0.15) is 51.0 Å². The molecule has 0 aliphatic heterocycles. The predicted octanol–water partition coefficient (Wildman–Crippen LogP) is 3.22. The van der Waals surface area contributed by atoms with Crippen LogP contribution in [0.2, 0.25) is 0 Å². The van der Waals surface area contributed by atoms with E-state index in [1.807, 2.05) is 19.1 Å². The average molecular weight is 341 g/mol. The van der Waals surface area contributed by atoms with Crippen LogP contribution in [-0.4, -0.2) is 24.6 Å². The van der Waals surface area contributed by atoms with Gasteiger partial charge in [0.2, 0.25) is 5.91 Å². The molecule has 130 valence electrons. The van der Waals surface area contributed by atoms with Crippen LogP contribution in [0, 0.1) is 0 Å². The first-order valence-corrected chi connectivity index (χ1v) is 8.26. The van der Waals surface area contributed by atoms with Crippen LogP contribution >= 0.6 is 12.4 Å². The quantitative estimate of drug-likeness (QED) is 0.835. The first-order valence-electron chi connectivity index (χ1n) is 8.26. The van der Waals surface area contributed by atoms with E-state index in [0.29, 0.717) is 0 Å². The Morgan fingerprint density at radius 2 is 1.87 bits per heavy atom. The molecule has 1 fully saturated rings. The monoisotopic (exact) mass is 340 g/mol. The Kier molecular flexibility index (Phi) is 7.86. The van der Waals surface area contributed by atoms with Crippen molar-refractivity contribution >= 4 is 18.3 Å². The number of aryl methyl sites for hydroxylation is 1. The van der Waals surface area contributed by atoms with E-state index in [1.165, 1.54) is 12.0 Å². The lowest BCUT2D eigenvalue weighted by Crippen LogP contribution is -2.56. The molecule has 1 aliphatic rings. The second-order valence-electron chi connectivity index (χ2n) is 6.48. The van der Waals surface area contributed by atoms with E-state index < -0.39 is 5.54 Å². The van der Waals surface area contributed by atoms with E-state index in [1.54, 1.807) is 7.11 Å². The third-order valence-electron chi connectivity index (χ3n) is 4.60. The first kappa shape index (κ1) is 19.8. The SMILES string of the molecule is COc1ccc(CCC(C)NC(=O)C2(N)CCCCC2)cc1.Cl. The molecule has 1 aromatic rings. The van der Waals surface area contributed by atoms with E-state index >= 15 is 0 Å². The van der Waals surface area contributed by atoms with E-state index in [9.17, 15) is 4.79 Å². The van der Waals surface area contributed by atoms with Crippen molar-refractivity contribution in [1.82, 2.24) is 5.32 Å². The minimum atomic E-state index is -0.646. The van der Waals surface area contributed by atoms with Gasteiger partial charge in [-0.3, -0.25) is 4.79 Å². The van der Waals surface area contributed by atoms with E-state index in [2.05, 4.69) is 17.4 Å². The van der Waals surface area contributed by atoms with Crippen LogP contribution in [0.3, 0.4) is 0 Å². The van der Waals surface area contributed by atoms with Gasteiger partial charge in [-0.25, -0.2) is 0 Å². The van der Waals surface area contributed by atoms with Gasteiger partial charge in [0.25, 0.3) is 0 Å². The highest BCUT2D eigenvalue weighted by atomic mass is 35.5. The number of ether oxygens (including phenoxy) is 1. The largest absolute Gasteiger partial charge is 0.497 e. The second-order valence-corrected chi connectivity index (χ2v) is 6.48. The molecule has 1 unspecified atom stereocenters. The Morgan fingerprint density at radius 3 is 2.43 bits per heavy atom. The standard InChI is InChI=1S/C18H28N2O2.ClH/c1-14(6-7-15-8-10-16(22-2)11-9-15)20-17(21)18(19)12-4-3-5-13-18;/h8-11,14H,3-7,12-13,19H2,1-2H3,(H,20,21);1H. The van der Waals surface area contributed by atoms with Gasteiger partial charge in [0.15, 0.2) is 0 Å². The number of halogens is 1. The van der Waals surface area contributed by atoms with Gasteiger partial charge in [-0.1, -0.05) is 31.4 Å². The number of carbonyl (C=O) groups is 1. The molecule has 2 rings (SSSR count). The van der Waals surface area contributed by atoms with Crippen molar-refractivity contribution in [2.45, 2.75) is 63.5 Å². The van der Waals surface area contributed by atoms with Crippen molar-refractivity contribution in [3.05, 3.63) is 29.8 Å². The second kappa shape index (κ2) is 9.14. The van der Waals surface area contributed by atoms with Crippen molar-refractivity contribution in [3.8, 4) is 5.75 Å². The fourth-order valence-electron chi connectivity index (χ4n) is 3.02. The molecule has 0 bridgehead atoms. The van der Waals surface area contributed by atoms with Gasteiger partial charge in [-0.2, -0.15) is 0 Å². The van der Waals surface area contributed by atoms with Crippen LogP contribution < -0.4 is 15.8 Å². The number of nitrogens with one attached hydrogen (secondary N) is 1. The highest BCUT2D eigenvalue weighted by Crippen LogP contribution is 2.26. The number of hydrogen-bond acceptors (Lipinski definition) is 3. The maximum absolute atomic E-state index is 12.4. The molecule has 5 heteroatoms. The summed E-state index contributed by atoms with van der Waals surface area (Å²) in [5.41, 5.74) is 6.87. The molecular weight excluding hydrogens is 312 g/mol. The number of amides is 1. The molecule has 4 nitrogen and oxygen atoms in total. The van der Waals surface area contributed by atoms with Gasteiger partial charge >= 0.3 is 0 Å². The lowest BCUT2D eigenvalue weighted by atomic mass is 9.81. The Labute approximate surface area is 145 Å². The topological polar surface area (TPSA) is 64.3 Å². The van der Waals surface area contributed by atoms with Crippen LogP contribution in [0.4, 0.5) is 0 Å². The summed E-state index contributed by atoms with van der Waals surface area (Å²) in [7, 11) is 1.67. The normalized spacial score (nSPS) is 17.7. The van der Waals surface area contributed by atoms with Gasteiger partial charge in [0, 0.05) is 6.04 Å². The van der Waals surface area contributed by atoms with E-state index in [0.717, 1.165) is 44.3 Å².